The summed E-state index contributed by atoms with van der Waals surface area (Å²) in [5.41, 5.74) is 1.66. The van der Waals surface area contributed by atoms with E-state index in [-0.39, 0.29) is 13.6 Å². The lowest BCUT2D eigenvalue weighted by molar-refractivity contribution is 0.0467. The average Bonchev–Trinajstić information content (AvgIpc) is 2.64. The van der Waals surface area contributed by atoms with Crippen LogP contribution in [0.1, 0.15) is 0 Å². The highest BCUT2D eigenvalue weighted by molar-refractivity contribution is 5.86. The molecule has 0 fully saturated rings. The molecule has 1 aromatic heterocycles. The van der Waals surface area contributed by atoms with Crippen LogP contribution in [0.4, 0.5) is 0 Å². The van der Waals surface area contributed by atoms with E-state index in [1.165, 1.54) is 0 Å². The van der Waals surface area contributed by atoms with Gasteiger partial charge in [0.1, 0.15) is 16.9 Å². The monoisotopic (exact) mass is 327 g/mol. The quantitative estimate of drug-likeness (QED) is 0.477. The van der Waals surface area contributed by atoms with Crippen LogP contribution in [0.15, 0.2) is 59.0 Å². The van der Waals surface area contributed by atoms with Gasteiger partial charge in [0.25, 0.3) is 0 Å². The molecule has 3 rings (SSSR count). The molecule has 0 saturated carbocycles. The van der Waals surface area contributed by atoms with Crippen molar-refractivity contribution in [1.29, 1.82) is 0 Å². The third-order valence-electron chi connectivity index (χ3n) is 3.43. The fourth-order valence-corrected chi connectivity index (χ4v) is 2.35. The normalized spacial score (nSPS) is 10.8. The van der Waals surface area contributed by atoms with Crippen LogP contribution in [-0.4, -0.2) is 27.8 Å². The van der Waals surface area contributed by atoms with Crippen molar-refractivity contribution in [3.63, 3.8) is 0 Å². The number of rotatable bonds is 7. The van der Waals surface area contributed by atoms with E-state index < -0.39 is 0 Å². The first-order valence-corrected chi connectivity index (χ1v) is 7.51. The van der Waals surface area contributed by atoms with Gasteiger partial charge in [0.05, 0.1) is 11.6 Å². The zero-order chi connectivity index (χ0) is 16.8. The van der Waals surface area contributed by atoms with Crippen LogP contribution in [-0.2, 0) is 9.47 Å². The molecule has 0 saturated heterocycles. The summed E-state index contributed by atoms with van der Waals surface area (Å²) in [6.07, 6.45) is 0. The van der Waals surface area contributed by atoms with Gasteiger partial charge in [-0.3, -0.25) is 0 Å². The number of ether oxygens (including phenoxy) is 4. The summed E-state index contributed by atoms with van der Waals surface area (Å²) in [5.74, 6) is 2.00. The van der Waals surface area contributed by atoms with E-state index in [1.54, 1.807) is 20.3 Å². The second-order valence-corrected chi connectivity index (χ2v) is 5.10. The predicted molar refractivity (Wildman–Crippen MR) is 91.1 cm³/mol. The van der Waals surface area contributed by atoms with Crippen molar-refractivity contribution in [2.45, 2.75) is 0 Å². The van der Waals surface area contributed by atoms with E-state index in [2.05, 4.69) is 0 Å². The maximum Gasteiger partial charge on any atom is 0.368 e. The maximum atomic E-state index is 6.05. The van der Waals surface area contributed by atoms with E-state index in [4.69, 9.17) is 23.4 Å². The topological polar surface area (TPSA) is 48.2 Å². The lowest BCUT2D eigenvalue weighted by Gasteiger charge is -2.09. The standard InChI is InChI=1S/C19H19O5/c1-20-12-22-15-10-18(23-13-21-2)16-8-9-17(24-19(16)11-15)14-6-4-3-5-7-14/h3-11H,12-13H2,1-2H3/q+1. The first-order chi connectivity index (χ1) is 11.8. The Hall–Kier alpha value is -2.63. The number of methoxy groups -OCH3 is 2. The van der Waals surface area contributed by atoms with Gasteiger partial charge in [0.2, 0.25) is 0 Å². The van der Waals surface area contributed by atoms with Gasteiger partial charge in [-0.1, -0.05) is 18.2 Å². The van der Waals surface area contributed by atoms with Crippen LogP contribution in [0.3, 0.4) is 0 Å². The predicted octanol–water partition coefficient (Wildman–Crippen LogP) is 4.35. The highest BCUT2D eigenvalue weighted by atomic mass is 16.7. The second kappa shape index (κ2) is 7.77. The Morgan fingerprint density at radius 3 is 2.33 bits per heavy atom. The Balaban J connectivity index is 2.05. The smallest absolute Gasteiger partial charge is 0.368 e. The third-order valence-corrected chi connectivity index (χ3v) is 3.43. The van der Waals surface area contributed by atoms with Gasteiger partial charge < -0.3 is 18.9 Å². The molecule has 5 heteroatoms. The summed E-state index contributed by atoms with van der Waals surface area (Å²) in [6.45, 7) is 0.289. The van der Waals surface area contributed by atoms with Crippen LogP contribution >= 0.6 is 0 Å². The van der Waals surface area contributed by atoms with Gasteiger partial charge in [-0.2, -0.15) is 0 Å². The molecule has 24 heavy (non-hydrogen) atoms. The first kappa shape index (κ1) is 16.2. The molecule has 3 aromatic rings. The highest BCUT2D eigenvalue weighted by Crippen LogP contribution is 2.34. The van der Waals surface area contributed by atoms with Crippen LogP contribution < -0.4 is 9.47 Å². The maximum absolute atomic E-state index is 6.05. The Labute approximate surface area is 140 Å². The molecule has 1 heterocycles. The zero-order valence-electron chi connectivity index (χ0n) is 13.7. The fraction of sp³-hybridized carbons (Fsp3) is 0.211. The molecule has 2 aromatic carbocycles. The lowest BCUT2D eigenvalue weighted by atomic mass is 10.1. The summed E-state index contributed by atoms with van der Waals surface area (Å²) in [6, 6.07) is 17.4. The third kappa shape index (κ3) is 3.64. The molecule has 0 N–H and O–H groups in total. The molecule has 0 spiro atoms. The van der Waals surface area contributed by atoms with E-state index in [1.807, 2.05) is 48.5 Å². The van der Waals surface area contributed by atoms with Crippen molar-refractivity contribution in [1.82, 2.24) is 0 Å². The minimum atomic E-state index is 0.142. The van der Waals surface area contributed by atoms with Crippen molar-refractivity contribution in [3.05, 3.63) is 54.6 Å². The molecular weight excluding hydrogens is 308 g/mol. The van der Waals surface area contributed by atoms with Crippen LogP contribution in [0, 0.1) is 0 Å². The Morgan fingerprint density at radius 1 is 0.833 bits per heavy atom. The van der Waals surface area contributed by atoms with E-state index in [0.29, 0.717) is 17.1 Å². The summed E-state index contributed by atoms with van der Waals surface area (Å²) in [4.78, 5) is 0. The average molecular weight is 327 g/mol. The molecule has 0 aliphatic heterocycles. The molecule has 0 radical (unpaired) electrons. The van der Waals surface area contributed by atoms with Crippen molar-refractivity contribution in [2.75, 3.05) is 27.8 Å². The van der Waals surface area contributed by atoms with Gasteiger partial charge in [-0.15, -0.1) is 0 Å². The molecule has 0 atom stereocenters. The van der Waals surface area contributed by atoms with Gasteiger partial charge in [0.15, 0.2) is 13.6 Å². The van der Waals surface area contributed by atoms with Crippen LogP contribution in [0.25, 0.3) is 22.3 Å². The molecule has 5 nitrogen and oxygen atoms in total. The van der Waals surface area contributed by atoms with Crippen LogP contribution in [0.2, 0.25) is 0 Å². The highest BCUT2D eigenvalue weighted by Gasteiger charge is 2.19. The van der Waals surface area contributed by atoms with Gasteiger partial charge in [0, 0.05) is 26.4 Å². The van der Waals surface area contributed by atoms with Crippen molar-refractivity contribution in [3.8, 4) is 22.8 Å². The van der Waals surface area contributed by atoms with Gasteiger partial charge >= 0.3 is 11.3 Å². The van der Waals surface area contributed by atoms with E-state index in [9.17, 15) is 0 Å². The largest absolute Gasteiger partial charge is 0.467 e. The Bertz CT molecular complexity index is 801. The van der Waals surface area contributed by atoms with E-state index >= 15 is 0 Å². The van der Waals surface area contributed by atoms with Crippen molar-refractivity contribution in [2.24, 2.45) is 0 Å². The summed E-state index contributed by atoms with van der Waals surface area (Å²) >= 11 is 0. The fourth-order valence-electron chi connectivity index (χ4n) is 2.35. The first-order valence-electron chi connectivity index (χ1n) is 7.51. The molecule has 0 aliphatic rings. The van der Waals surface area contributed by atoms with E-state index in [0.717, 1.165) is 16.7 Å². The Kier molecular flexibility index (Phi) is 5.25. The van der Waals surface area contributed by atoms with Gasteiger partial charge in [-0.25, -0.2) is 4.42 Å². The van der Waals surface area contributed by atoms with Crippen LogP contribution in [0.5, 0.6) is 11.5 Å². The number of benzene rings is 2. The van der Waals surface area contributed by atoms with Gasteiger partial charge in [-0.05, 0) is 18.2 Å². The number of hydrogen-bond acceptors (Lipinski definition) is 4. The lowest BCUT2D eigenvalue weighted by Crippen LogP contribution is -2.02. The van der Waals surface area contributed by atoms with Crippen molar-refractivity contribution >= 4 is 11.0 Å². The molecule has 0 amide bonds. The molecule has 0 aliphatic carbocycles. The summed E-state index contributed by atoms with van der Waals surface area (Å²) in [7, 11) is 3.15. The summed E-state index contributed by atoms with van der Waals surface area (Å²) < 4.78 is 27.1. The molecule has 0 bridgehead atoms. The number of fused-ring (bicyclic) bond motifs is 1. The Morgan fingerprint density at radius 2 is 1.58 bits per heavy atom. The minimum Gasteiger partial charge on any atom is -0.467 e. The minimum absolute atomic E-state index is 0.142. The molecule has 124 valence electrons. The molecular formula is C19H19O5+. The zero-order valence-corrected chi connectivity index (χ0v) is 13.7. The SMILES string of the molecule is COCOc1cc(OCOC)c2ccc(-c3ccccc3)[o+]c2c1. The number of hydrogen-bond donors (Lipinski definition) is 0. The second-order valence-electron chi connectivity index (χ2n) is 5.10. The summed E-state index contributed by atoms with van der Waals surface area (Å²) in [5, 5.41) is 0.844. The van der Waals surface area contributed by atoms with Crippen molar-refractivity contribution < 1.29 is 23.4 Å². The molecule has 0 unspecified atom stereocenters.